The molecule has 29 heavy (non-hydrogen) atoms. The smallest absolute Gasteiger partial charge is 0.282 e. The summed E-state index contributed by atoms with van der Waals surface area (Å²) < 4.78 is 0. The number of likely N-dealkylation sites (tertiary alicyclic amines) is 1. The Labute approximate surface area is 172 Å². The van der Waals surface area contributed by atoms with Crippen molar-refractivity contribution in [3.05, 3.63) is 65.9 Å². The van der Waals surface area contributed by atoms with Crippen molar-refractivity contribution in [2.45, 2.75) is 19.8 Å². The normalized spacial score (nSPS) is 19.9. The topological polar surface area (TPSA) is 43.9 Å². The van der Waals surface area contributed by atoms with Gasteiger partial charge in [-0.15, -0.1) is 0 Å². The van der Waals surface area contributed by atoms with Crippen LogP contribution in [-0.4, -0.2) is 43.9 Å². The molecule has 0 spiro atoms. The number of carbonyl (C=O) groups excluding carboxylic acids is 2. The summed E-state index contributed by atoms with van der Waals surface area (Å²) in [5.41, 5.74) is 3.49. The first-order valence-electron chi connectivity index (χ1n) is 10.2. The molecular weight excluding hydrogens is 362 g/mol. The van der Waals surface area contributed by atoms with E-state index in [9.17, 15) is 9.59 Å². The fourth-order valence-corrected chi connectivity index (χ4v) is 4.20. The van der Waals surface area contributed by atoms with Crippen LogP contribution in [0.4, 0.5) is 11.4 Å². The van der Waals surface area contributed by atoms with Crippen molar-refractivity contribution in [3.8, 4) is 0 Å². The number of anilines is 2. The fourth-order valence-electron chi connectivity index (χ4n) is 4.20. The number of amides is 2. The maximum Gasteiger partial charge on any atom is 0.282 e. The molecule has 2 aliphatic rings. The molecule has 0 bridgehead atoms. The molecule has 1 atom stereocenters. The molecule has 0 aromatic heterocycles. The first kappa shape index (κ1) is 19.2. The second kappa shape index (κ2) is 7.74. The summed E-state index contributed by atoms with van der Waals surface area (Å²) in [6, 6.07) is 17.1. The van der Waals surface area contributed by atoms with Gasteiger partial charge in [0, 0.05) is 32.9 Å². The average Bonchev–Trinajstić information content (AvgIpc) is 2.99. The molecule has 2 aromatic rings. The van der Waals surface area contributed by atoms with E-state index in [-0.39, 0.29) is 11.8 Å². The van der Waals surface area contributed by atoms with Gasteiger partial charge in [0.15, 0.2) is 0 Å². The van der Waals surface area contributed by atoms with Gasteiger partial charge in [0.1, 0.15) is 5.70 Å². The van der Waals surface area contributed by atoms with Crippen LogP contribution in [0.25, 0.3) is 5.57 Å². The standard InChI is InChI=1S/C24H27N3O2/c1-17-8-7-15-26(16-17)22-21(18-9-5-4-6-10-18)23(28)27(24(22)29)20-13-11-19(12-14-20)25(2)3/h4-6,9-14,17H,7-8,15-16H2,1-3H3. The maximum atomic E-state index is 13.5. The lowest BCUT2D eigenvalue weighted by Crippen LogP contribution is -2.39. The van der Waals surface area contributed by atoms with Crippen LogP contribution in [0.5, 0.6) is 0 Å². The van der Waals surface area contributed by atoms with Crippen molar-refractivity contribution in [1.82, 2.24) is 4.90 Å². The van der Waals surface area contributed by atoms with Gasteiger partial charge >= 0.3 is 0 Å². The minimum atomic E-state index is -0.243. The fraction of sp³-hybridized carbons (Fsp3) is 0.333. The van der Waals surface area contributed by atoms with Crippen LogP contribution in [0.15, 0.2) is 60.3 Å². The molecular formula is C24H27N3O2. The Hall–Kier alpha value is -3.08. The largest absolute Gasteiger partial charge is 0.378 e. The number of hydrogen-bond acceptors (Lipinski definition) is 4. The summed E-state index contributed by atoms with van der Waals surface area (Å²) >= 11 is 0. The molecule has 0 N–H and O–H groups in total. The molecule has 2 aliphatic heterocycles. The Morgan fingerprint density at radius 1 is 0.931 bits per heavy atom. The van der Waals surface area contributed by atoms with E-state index in [0.717, 1.165) is 37.2 Å². The van der Waals surface area contributed by atoms with Gasteiger partial charge in [-0.25, -0.2) is 4.90 Å². The SMILES string of the molecule is CC1CCCN(C2=C(c3ccccc3)C(=O)N(c3ccc(N(C)C)cc3)C2=O)C1. The minimum Gasteiger partial charge on any atom is -0.378 e. The highest BCUT2D eigenvalue weighted by Gasteiger charge is 2.43. The lowest BCUT2D eigenvalue weighted by Gasteiger charge is -2.33. The van der Waals surface area contributed by atoms with E-state index < -0.39 is 0 Å². The zero-order valence-corrected chi connectivity index (χ0v) is 17.3. The van der Waals surface area contributed by atoms with Gasteiger partial charge in [0.05, 0.1) is 11.3 Å². The zero-order chi connectivity index (χ0) is 20.5. The third kappa shape index (κ3) is 3.53. The van der Waals surface area contributed by atoms with Gasteiger partial charge < -0.3 is 9.80 Å². The first-order valence-corrected chi connectivity index (χ1v) is 10.2. The second-order valence-corrected chi connectivity index (χ2v) is 8.14. The van der Waals surface area contributed by atoms with Gasteiger partial charge in [0.25, 0.3) is 11.8 Å². The quantitative estimate of drug-likeness (QED) is 0.747. The first-order chi connectivity index (χ1) is 14.0. The van der Waals surface area contributed by atoms with E-state index in [2.05, 4.69) is 11.8 Å². The number of nitrogens with zero attached hydrogens (tertiary/aromatic N) is 3. The summed E-state index contributed by atoms with van der Waals surface area (Å²) in [6.07, 6.45) is 2.19. The van der Waals surface area contributed by atoms with Crippen molar-refractivity contribution in [3.63, 3.8) is 0 Å². The van der Waals surface area contributed by atoms with E-state index in [4.69, 9.17) is 0 Å². The molecule has 1 unspecified atom stereocenters. The molecule has 5 heteroatoms. The van der Waals surface area contributed by atoms with Gasteiger partial charge in [-0.3, -0.25) is 9.59 Å². The lowest BCUT2D eigenvalue weighted by atomic mass is 9.98. The summed E-state index contributed by atoms with van der Waals surface area (Å²) in [5, 5.41) is 0. The minimum absolute atomic E-state index is 0.222. The Balaban J connectivity index is 1.77. The van der Waals surface area contributed by atoms with Crippen LogP contribution in [0.2, 0.25) is 0 Å². The van der Waals surface area contributed by atoms with Crippen LogP contribution in [0.3, 0.4) is 0 Å². The van der Waals surface area contributed by atoms with Crippen LogP contribution < -0.4 is 9.80 Å². The maximum absolute atomic E-state index is 13.5. The molecule has 0 radical (unpaired) electrons. The third-order valence-corrected chi connectivity index (χ3v) is 5.72. The number of carbonyl (C=O) groups is 2. The van der Waals surface area contributed by atoms with Crippen LogP contribution in [0.1, 0.15) is 25.3 Å². The van der Waals surface area contributed by atoms with E-state index in [1.54, 1.807) is 0 Å². The van der Waals surface area contributed by atoms with E-state index in [0.29, 0.717) is 22.9 Å². The Kier molecular flexibility index (Phi) is 5.14. The van der Waals surface area contributed by atoms with Gasteiger partial charge in [0.2, 0.25) is 0 Å². The second-order valence-electron chi connectivity index (χ2n) is 8.14. The van der Waals surface area contributed by atoms with Crippen molar-refractivity contribution in [2.75, 3.05) is 37.0 Å². The number of hydrogen-bond donors (Lipinski definition) is 0. The summed E-state index contributed by atoms with van der Waals surface area (Å²) in [7, 11) is 3.93. The highest BCUT2D eigenvalue weighted by molar-refractivity contribution is 6.45. The van der Waals surface area contributed by atoms with E-state index >= 15 is 0 Å². The zero-order valence-electron chi connectivity index (χ0n) is 17.3. The highest BCUT2D eigenvalue weighted by Crippen LogP contribution is 2.36. The van der Waals surface area contributed by atoms with Gasteiger partial charge in [-0.05, 0) is 48.6 Å². The summed E-state index contributed by atoms with van der Waals surface area (Å²) in [6.45, 7) is 3.81. The molecule has 1 fully saturated rings. The molecule has 2 aromatic carbocycles. The number of piperidine rings is 1. The van der Waals surface area contributed by atoms with Gasteiger partial charge in [-0.1, -0.05) is 37.3 Å². The Morgan fingerprint density at radius 2 is 1.62 bits per heavy atom. The van der Waals surface area contributed by atoms with Crippen LogP contribution in [-0.2, 0) is 9.59 Å². The summed E-state index contributed by atoms with van der Waals surface area (Å²) in [5.74, 6) is 0.0391. The molecule has 0 saturated carbocycles. The Morgan fingerprint density at radius 3 is 2.24 bits per heavy atom. The predicted molar refractivity (Wildman–Crippen MR) is 117 cm³/mol. The molecule has 150 valence electrons. The predicted octanol–water partition coefficient (Wildman–Crippen LogP) is 3.77. The average molecular weight is 389 g/mol. The monoisotopic (exact) mass is 389 g/mol. The van der Waals surface area contributed by atoms with Crippen molar-refractivity contribution < 1.29 is 9.59 Å². The van der Waals surface area contributed by atoms with Crippen LogP contribution >= 0.6 is 0 Å². The number of rotatable bonds is 4. The van der Waals surface area contributed by atoms with E-state index in [1.807, 2.05) is 73.6 Å². The number of benzene rings is 2. The third-order valence-electron chi connectivity index (χ3n) is 5.72. The Bertz CT molecular complexity index is 948. The molecule has 2 heterocycles. The number of imide groups is 1. The molecule has 1 saturated heterocycles. The molecule has 0 aliphatic carbocycles. The highest BCUT2D eigenvalue weighted by atomic mass is 16.2. The van der Waals surface area contributed by atoms with Gasteiger partial charge in [-0.2, -0.15) is 0 Å². The van der Waals surface area contributed by atoms with Crippen molar-refractivity contribution >= 4 is 28.8 Å². The van der Waals surface area contributed by atoms with Crippen LogP contribution in [0, 0.1) is 5.92 Å². The van der Waals surface area contributed by atoms with E-state index in [1.165, 1.54) is 4.90 Å². The molecule has 2 amide bonds. The van der Waals surface area contributed by atoms with Crippen molar-refractivity contribution in [1.29, 1.82) is 0 Å². The lowest BCUT2D eigenvalue weighted by molar-refractivity contribution is -0.120. The molecule has 5 nitrogen and oxygen atoms in total. The molecule has 4 rings (SSSR count). The van der Waals surface area contributed by atoms with Crippen molar-refractivity contribution in [2.24, 2.45) is 5.92 Å². The summed E-state index contributed by atoms with van der Waals surface area (Å²) in [4.78, 5) is 32.4.